The number of morpholine rings is 1. The van der Waals surface area contributed by atoms with Crippen molar-refractivity contribution in [1.82, 2.24) is 23.6 Å². The molecule has 1 aliphatic rings. The number of rotatable bonds is 5. The lowest BCUT2D eigenvalue weighted by Crippen LogP contribution is -2.51. The summed E-state index contributed by atoms with van der Waals surface area (Å²) in [7, 11) is 0. The lowest BCUT2D eigenvalue weighted by atomic mass is 10.2. The molecule has 164 valence electrons. The van der Waals surface area contributed by atoms with Gasteiger partial charge in [-0.3, -0.25) is 14.2 Å². The Kier molecular flexibility index (Phi) is 5.77. The van der Waals surface area contributed by atoms with Gasteiger partial charge in [0, 0.05) is 19.6 Å². The molecule has 9 nitrogen and oxygen atoms in total. The molecule has 9 heteroatoms. The Balaban J connectivity index is 1.78. The number of hydrogen-bond acceptors (Lipinski definition) is 5. The number of imidazole rings is 1. The third kappa shape index (κ3) is 4.05. The summed E-state index contributed by atoms with van der Waals surface area (Å²) in [5.41, 5.74) is 0.536. The number of ether oxygens (including phenoxy) is 1. The van der Waals surface area contributed by atoms with E-state index >= 15 is 0 Å². The third-order valence-corrected chi connectivity index (χ3v) is 5.57. The van der Waals surface area contributed by atoms with E-state index in [-0.39, 0.29) is 31.2 Å². The smallest absolute Gasteiger partial charge is 0.333 e. The van der Waals surface area contributed by atoms with Gasteiger partial charge >= 0.3 is 5.69 Å². The molecule has 0 radical (unpaired) electrons. The van der Waals surface area contributed by atoms with Crippen LogP contribution in [-0.4, -0.2) is 54.8 Å². The molecule has 2 atom stereocenters. The van der Waals surface area contributed by atoms with Gasteiger partial charge in [0.2, 0.25) is 5.91 Å². The molecular weight excluding hydrogens is 398 g/mol. The molecular formula is C22H27N5O4. The average Bonchev–Trinajstić information content (AvgIpc) is 3.18. The van der Waals surface area contributed by atoms with Crippen molar-refractivity contribution in [3.63, 3.8) is 0 Å². The molecule has 3 heterocycles. The maximum atomic E-state index is 13.3. The molecule has 0 spiro atoms. The molecule has 1 fully saturated rings. The Morgan fingerprint density at radius 2 is 1.77 bits per heavy atom. The SMILES string of the molecule is CCn1cnc2c1c(=O)n(CC(=O)N1C[C@@H](C)O[C@H](C)C1)c(=O)n2Cc1ccccc1. The summed E-state index contributed by atoms with van der Waals surface area (Å²) < 4.78 is 9.90. The van der Waals surface area contributed by atoms with Crippen LogP contribution in [0.4, 0.5) is 0 Å². The van der Waals surface area contributed by atoms with Crippen molar-refractivity contribution in [2.24, 2.45) is 0 Å². The minimum atomic E-state index is -0.537. The number of carbonyl (C=O) groups excluding carboxylic acids is 1. The Labute approximate surface area is 179 Å². The highest BCUT2D eigenvalue weighted by Gasteiger charge is 2.27. The summed E-state index contributed by atoms with van der Waals surface area (Å²) in [5, 5.41) is 0. The predicted octanol–water partition coefficient (Wildman–Crippen LogP) is 1.06. The van der Waals surface area contributed by atoms with Gasteiger partial charge in [0.1, 0.15) is 6.54 Å². The van der Waals surface area contributed by atoms with Crippen LogP contribution in [0.5, 0.6) is 0 Å². The quantitative estimate of drug-likeness (QED) is 0.610. The number of aromatic nitrogens is 4. The van der Waals surface area contributed by atoms with Gasteiger partial charge in [-0.25, -0.2) is 14.3 Å². The molecule has 1 saturated heterocycles. The van der Waals surface area contributed by atoms with Crippen LogP contribution >= 0.6 is 0 Å². The van der Waals surface area contributed by atoms with Crippen molar-refractivity contribution < 1.29 is 9.53 Å². The van der Waals surface area contributed by atoms with Crippen molar-refractivity contribution in [2.75, 3.05) is 13.1 Å². The first-order valence-electron chi connectivity index (χ1n) is 10.5. The van der Waals surface area contributed by atoms with E-state index in [0.717, 1.165) is 10.1 Å². The fraction of sp³-hybridized carbons (Fsp3) is 0.455. The number of amides is 1. The molecule has 0 aliphatic carbocycles. The highest BCUT2D eigenvalue weighted by molar-refractivity contribution is 5.77. The first-order valence-corrected chi connectivity index (χ1v) is 10.5. The summed E-state index contributed by atoms with van der Waals surface area (Å²) in [6.07, 6.45) is 1.37. The molecule has 0 unspecified atom stereocenters. The summed E-state index contributed by atoms with van der Waals surface area (Å²) >= 11 is 0. The molecule has 0 bridgehead atoms. The Hall–Kier alpha value is -3.20. The first-order chi connectivity index (χ1) is 14.9. The highest BCUT2D eigenvalue weighted by atomic mass is 16.5. The van der Waals surface area contributed by atoms with Crippen LogP contribution in [0, 0.1) is 0 Å². The average molecular weight is 425 g/mol. The standard InChI is InChI=1S/C22H27N5O4/c1-4-24-14-23-20-19(24)21(29)27(13-18(28)25-10-15(2)31-16(3)11-25)22(30)26(20)12-17-8-6-5-7-9-17/h5-9,14-16H,4,10-13H2,1-3H3/t15-,16-/m1/s1. The number of aryl methyl sites for hydroxylation is 1. The summed E-state index contributed by atoms with van der Waals surface area (Å²) in [5.74, 6) is -0.269. The molecule has 0 N–H and O–H groups in total. The van der Waals surface area contributed by atoms with Gasteiger partial charge in [-0.15, -0.1) is 0 Å². The van der Waals surface area contributed by atoms with E-state index in [9.17, 15) is 14.4 Å². The van der Waals surface area contributed by atoms with E-state index < -0.39 is 11.2 Å². The second-order valence-electron chi connectivity index (χ2n) is 8.00. The fourth-order valence-electron chi connectivity index (χ4n) is 4.14. The van der Waals surface area contributed by atoms with Crippen molar-refractivity contribution >= 4 is 17.1 Å². The normalized spacial score (nSPS) is 19.1. The van der Waals surface area contributed by atoms with Crippen LogP contribution in [-0.2, 0) is 29.2 Å². The van der Waals surface area contributed by atoms with E-state index in [1.54, 1.807) is 15.8 Å². The zero-order valence-electron chi connectivity index (χ0n) is 18.0. The number of hydrogen-bond donors (Lipinski definition) is 0. The zero-order chi connectivity index (χ0) is 22.1. The molecule has 1 amide bonds. The second kappa shape index (κ2) is 8.50. The molecule has 1 aliphatic heterocycles. The van der Waals surface area contributed by atoms with E-state index in [2.05, 4.69) is 4.98 Å². The van der Waals surface area contributed by atoms with Gasteiger partial charge in [0.15, 0.2) is 11.2 Å². The van der Waals surface area contributed by atoms with Crippen LogP contribution in [0.2, 0.25) is 0 Å². The van der Waals surface area contributed by atoms with Crippen LogP contribution in [0.25, 0.3) is 11.2 Å². The molecule has 31 heavy (non-hydrogen) atoms. The monoisotopic (exact) mass is 425 g/mol. The van der Waals surface area contributed by atoms with Crippen molar-refractivity contribution in [3.8, 4) is 0 Å². The van der Waals surface area contributed by atoms with E-state index in [0.29, 0.717) is 30.8 Å². The maximum absolute atomic E-state index is 13.3. The van der Waals surface area contributed by atoms with Crippen LogP contribution < -0.4 is 11.2 Å². The van der Waals surface area contributed by atoms with Crippen molar-refractivity contribution in [2.45, 2.75) is 52.6 Å². The first kappa shape index (κ1) is 21.0. The highest BCUT2D eigenvalue weighted by Crippen LogP contribution is 2.12. The number of benzene rings is 1. The van der Waals surface area contributed by atoms with E-state index in [1.165, 1.54) is 4.57 Å². The summed E-state index contributed by atoms with van der Waals surface area (Å²) in [6.45, 7) is 7.06. The number of carbonyl (C=O) groups is 1. The molecule has 0 saturated carbocycles. The number of nitrogens with zero attached hydrogens (tertiary/aromatic N) is 5. The third-order valence-electron chi connectivity index (χ3n) is 5.57. The van der Waals surface area contributed by atoms with E-state index in [1.807, 2.05) is 51.1 Å². The van der Waals surface area contributed by atoms with Gasteiger partial charge < -0.3 is 14.2 Å². The Morgan fingerprint density at radius 3 is 2.42 bits per heavy atom. The molecule has 1 aromatic carbocycles. The van der Waals surface area contributed by atoms with Crippen LogP contribution in [0.3, 0.4) is 0 Å². The van der Waals surface area contributed by atoms with Gasteiger partial charge in [0.05, 0.1) is 25.1 Å². The zero-order valence-corrected chi connectivity index (χ0v) is 18.0. The minimum absolute atomic E-state index is 0.0943. The Morgan fingerprint density at radius 1 is 1.10 bits per heavy atom. The van der Waals surface area contributed by atoms with Gasteiger partial charge in [-0.1, -0.05) is 30.3 Å². The number of fused-ring (bicyclic) bond motifs is 1. The van der Waals surface area contributed by atoms with Crippen LogP contribution in [0.1, 0.15) is 26.3 Å². The largest absolute Gasteiger partial charge is 0.372 e. The Bertz CT molecular complexity index is 1200. The van der Waals surface area contributed by atoms with E-state index in [4.69, 9.17) is 4.74 Å². The lowest BCUT2D eigenvalue weighted by Gasteiger charge is -2.35. The molecule has 4 rings (SSSR count). The molecule has 2 aromatic heterocycles. The van der Waals surface area contributed by atoms with Gasteiger partial charge in [-0.05, 0) is 26.3 Å². The van der Waals surface area contributed by atoms with Crippen molar-refractivity contribution in [1.29, 1.82) is 0 Å². The minimum Gasteiger partial charge on any atom is -0.372 e. The van der Waals surface area contributed by atoms with Gasteiger partial charge in [-0.2, -0.15) is 0 Å². The summed E-state index contributed by atoms with van der Waals surface area (Å²) in [4.78, 5) is 45.6. The van der Waals surface area contributed by atoms with Gasteiger partial charge in [0.25, 0.3) is 5.56 Å². The van der Waals surface area contributed by atoms with Crippen molar-refractivity contribution in [3.05, 3.63) is 63.1 Å². The summed E-state index contributed by atoms with van der Waals surface area (Å²) in [6, 6.07) is 9.50. The molecule has 3 aromatic rings. The second-order valence-corrected chi connectivity index (χ2v) is 8.00. The predicted molar refractivity (Wildman–Crippen MR) is 116 cm³/mol. The topological polar surface area (TPSA) is 91.4 Å². The maximum Gasteiger partial charge on any atom is 0.333 e. The van der Waals surface area contributed by atoms with Crippen LogP contribution in [0.15, 0.2) is 46.2 Å². The fourth-order valence-corrected chi connectivity index (χ4v) is 4.14. The lowest BCUT2D eigenvalue weighted by molar-refractivity contribution is -0.143.